The number of aromatic nitrogens is 3. The Hall–Kier alpha value is -2.22. The molecular weight excluding hydrogens is 362 g/mol. The second-order valence-electron chi connectivity index (χ2n) is 7.32. The van der Waals surface area contributed by atoms with Crippen LogP contribution in [0.1, 0.15) is 50.6 Å². The first-order chi connectivity index (χ1) is 13.1. The maximum Gasteiger partial charge on any atom is 0.275 e. The number of carbonyl (C=O) groups excluding carboxylic acids is 1. The summed E-state index contributed by atoms with van der Waals surface area (Å²) < 4.78 is 1.33. The highest BCUT2D eigenvalue weighted by Crippen LogP contribution is 2.29. The average Bonchev–Trinajstić information content (AvgIpc) is 3.29. The van der Waals surface area contributed by atoms with Gasteiger partial charge in [0, 0.05) is 24.8 Å². The van der Waals surface area contributed by atoms with Crippen LogP contribution in [0.5, 0.6) is 0 Å². The van der Waals surface area contributed by atoms with E-state index < -0.39 is 0 Å². The highest BCUT2D eigenvalue weighted by Gasteiger charge is 2.33. The van der Waals surface area contributed by atoms with Gasteiger partial charge in [-0.1, -0.05) is 23.0 Å². The normalized spacial score (nSPS) is 20.1. The van der Waals surface area contributed by atoms with E-state index in [0.717, 1.165) is 32.2 Å². The van der Waals surface area contributed by atoms with Gasteiger partial charge in [0.25, 0.3) is 5.56 Å². The summed E-state index contributed by atoms with van der Waals surface area (Å²) in [6.45, 7) is 3.26. The molecule has 0 aromatic carbocycles. The van der Waals surface area contributed by atoms with E-state index in [1.54, 1.807) is 6.92 Å². The number of anilines is 1. The first-order valence-corrected chi connectivity index (χ1v) is 10.5. The van der Waals surface area contributed by atoms with Crippen molar-refractivity contribution in [2.75, 3.05) is 18.0 Å². The molecule has 1 aliphatic heterocycles. The molecule has 1 atom stereocenters. The summed E-state index contributed by atoms with van der Waals surface area (Å²) >= 11 is 1.37. The number of carbonyl (C=O) groups is 1. The van der Waals surface area contributed by atoms with E-state index in [2.05, 4.69) is 21.5 Å². The van der Waals surface area contributed by atoms with Gasteiger partial charge in [-0.05, 0) is 51.9 Å². The summed E-state index contributed by atoms with van der Waals surface area (Å²) in [6, 6.07) is 1.26. The number of allylic oxidation sites excluding steroid dienone is 1. The first-order valence-electron chi connectivity index (χ1n) is 9.71. The first kappa shape index (κ1) is 18.2. The number of hydrogen-bond acceptors (Lipinski definition) is 6. The van der Waals surface area contributed by atoms with Crippen LogP contribution in [0.25, 0.3) is 4.96 Å². The minimum absolute atomic E-state index is 0.0552. The Morgan fingerprint density at radius 3 is 3.07 bits per heavy atom. The minimum atomic E-state index is -0.220. The second kappa shape index (κ2) is 7.80. The van der Waals surface area contributed by atoms with Crippen molar-refractivity contribution < 1.29 is 4.79 Å². The predicted molar refractivity (Wildman–Crippen MR) is 106 cm³/mol. The molecule has 1 unspecified atom stereocenters. The molecule has 0 radical (unpaired) electrons. The summed E-state index contributed by atoms with van der Waals surface area (Å²) in [7, 11) is 0. The van der Waals surface area contributed by atoms with Gasteiger partial charge < -0.3 is 10.2 Å². The molecule has 144 valence electrons. The van der Waals surface area contributed by atoms with Crippen molar-refractivity contribution in [2.45, 2.75) is 57.9 Å². The number of nitrogens with one attached hydrogen (secondary N) is 1. The Balaban J connectivity index is 1.44. The molecule has 0 saturated carbocycles. The molecule has 2 aliphatic rings. The highest BCUT2D eigenvalue weighted by atomic mass is 32.1. The summed E-state index contributed by atoms with van der Waals surface area (Å²) in [5.74, 6) is 0.0552. The van der Waals surface area contributed by atoms with E-state index in [9.17, 15) is 9.59 Å². The molecule has 4 rings (SSSR count). The van der Waals surface area contributed by atoms with Gasteiger partial charge in [0.05, 0.1) is 0 Å². The third-order valence-electron chi connectivity index (χ3n) is 5.29. The maximum atomic E-state index is 12.7. The van der Waals surface area contributed by atoms with Gasteiger partial charge in [-0.2, -0.15) is 4.52 Å². The minimum Gasteiger partial charge on any atom is -0.354 e. The van der Waals surface area contributed by atoms with Crippen molar-refractivity contribution in [1.29, 1.82) is 0 Å². The number of aryl methyl sites for hydroxylation is 1. The molecule has 1 saturated heterocycles. The van der Waals surface area contributed by atoms with Crippen LogP contribution in [0.15, 0.2) is 22.5 Å². The van der Waals surface area contributed by atoms with Crippen LogP contribution in [0, 0.1) is 6.92 Å². The van der Waals surface area contributed by atoms with E-state index in [4.69, 9.17) is 0 Å². The molecule has 1 N–H and O–H groups in total. The van der Waals surface area contributed by atoms with Crippen LogP contribution in [0.2, 0.25) is 0 Å². The fourth-order valence-corrected chi connectivity index (χ4v) is 4.92. The van der Waals surface area contributed by atoms with Crippen LogP contribution in [-0.4, -0.2) is 39.6 Å². The van der Waals surface area contributed by atoms with E-state index in [0.29, 0.717) is 22.3 Å². The quantitative estimate of drug-likeness (QED) is 0.797. The van der Waals surface area contributed by atoms with Crippen molar-refractivity contribution in [3.63, 3.8) is 0 Å². The molecule has 0 bridgehead atoms. The molecule has 8 heteroatoms. The largest absolute Gasteiger partial charge is 0.354 e. The van der Waals surface area contributed by atoms with E-state index in [1.165, 1.54) is 46.8 Å². The molecule has 1 fully saturated rings. The standard InChI is InChI=1S/C19H25N5O2S/c1-13-12-16(25)24-18(21-13)27-19(22-24)23-11-5-8-15(23)17(26)20-10-9-14-6-3-2-4-7-14/h6,12,15H,2-5,7-11H2,1H3,(H,20,26). The molecule has 27 heavy (non-hydrogen) atoms. The smallest absolute Gasteiger partial charge is 0.275 e. The Bertz CT molecular complexity index is 932. The molecule has 7 nitrogen and oxygen atoms in total. The molecule has 1 aliphatic carbocycles. The zero-order chi connectivity index (χ0) is 18.8. The van der Waals surface area contributed by atoms with Crippen molar-refractivity contribution in [3.8, 4) is 0 Å². The molecular formula is C19H25N5O2S. The second-order valence-corrected chi connectivity index (χ2v) is 8.25. The maximum absolute atomic E-state index is 12.7. The Morgan fingerprint density at radius 2 is 2.26 bits per heavy atom. The van der Waals surface area contributed by atoms with Crippen molar-refractivity contribution in [2.24, 2.45) is 0 Å². The average molecular weight is 388 g/mol. The lowest BCUT2D eigenvalue weighted by atomic mass is 9.97. The van der Waals surface area contributed by atoms with Crippen LogP contribution >= 0.6 is 11.3 Å². The summed E-state index contributed by atoms with van der Waals surface area (Å²) in [5.41, 5.74) is 1.97. The zero-order valence-electron chi connectivity index (χ0n) is 15.6. The molecule has 2 aromatic rings. The number of amides is 1. The van der Waals surface area contributed by atoms with Crippen LogP contribution in [0.3, 0.4) is 0 Å². The number of rotatable bonds is 5. The fraction of sp³-hybridized carbons (Fsp3) is 0.579. The summed E-state index contributed by atoms with van der Waals surface area (Å²) in [5, 5.41) is 8.21. The van der Waals surface area contributed by atoms with Gasteiger partial charge in [0.15, 0.2) is 0 Å². The van der Waals surface area contributed by atoms with Gasteiger partial charge in [0.2, 0.25) is 16.0 Å². The number of fused-ring (bicyclic) bond motifs is 1. The Kier molecular flexibility index (Phi) is 5.24. The monoisotopic (exact) mass is 387 g/mol. The van der Waals surface area contributed by atoms with Gasteiger partial charge in [-0.3, -0.25) is 9.59 Å². The Morgan fingerprint density at radius 1 is 1.37 bits per heavy atom. The lowest BCUT2D eigenvalue weighted by molar-refractivity contribution is -0.122. The zero-order valence-corrected chi connectivity index (χ0v) is 16.4. The van der Waals surface area contributed by atoms with Crippen LogP contribution in [0.4, 0.5) is 5.13 Å². The predicted octanol–water partition coefficient (Wildman–Crippen LogP) is 2.43. The molecule has 0 spiro atoms. The third kappa shape index (κ3) is 3.90. The van der Waals surface area contributed by atoms with Crippen molar-refractivity contribution >= 4 is 27.3 Å². The third-order valence-corrected chi connectivity index (χ3v) is 6.24. The van der Waals surface area contributed by atoms with Gasteiger partial charge in [0.1, 0.15) is 6.04 Å². The van der Waals surface area contributed by atoms with E-state index in [1.807, 2.05) is 4.90 Å². The van der Waals surface area contributed by atoms with Gasteiger partial charge >= 0.3 is 0 Å². The van der Waals surface area contributed by atoms with E-state index in [-0.39, 0.29) is 17.5 Å². The number of nitrogens with zero attached hydrogens (tertiary/aromatic N) is 4. The molecule has 2 aromatic heterocycles. The number of hydrogen-bond donors (Lipinski definition) is 1. The van der Waals surface area contributed by atoms with Crippen LogP contribution < -0.4 is 15.8 Å². The lowest BCUT2D eigenvalue weighted by Gasteiger charge is -2.23. The molecule has 3 heterocycles. The summed E-state index contributed by atoms with van der Waals surface area (Å²) in [4.78, 5) is 31.8. The van der Waals surface area contributed by atoms with E-state index >= 15 is 0 Å². The van der Waals surface area contributed by atoms with Crippen LogP contribution in [-0.2, 0) is 4.79 Å². The highest BCUT2D eigenvalue weighted by molar-refractivity contribution is 7.20. The SMILES string of the molecule is Cc1cc(=O)n2nc(N3CCCC3C(=O)NCCC3=CCCCC3)sc2n1. The lowest BCUT2D eigenvalue weighted by Crippen LogP contribution is -2.43. The Labute approximate surface area is 162 Å². The van der Waals surface area contributed by atoms with Gasteiger partial charge in [-0.25, -0.2) is 4.98 Å². The summed E-state index contributed by atoms with van der Waals surface area (Å²) in [6.07, 6.45) is 9.91. The van der Waals surface area contributed by atoms with Gasteiger partial charge in [-0.15, -0.1) is 5.10 Å². The topological polar surface area (TPSA) is 79.6 Å². The van der Waals surface area contributed by atoms with Crippen molar-refractivity contribution in [1.82, 2.24) is 19.9 Å². The molecule has 1 amide bonds. The van der Waals surface area contributed by atoms with Crippen molar-refractivity contribution in [3.05, 3.63) is 33.8 Å². The fourth-order valence-electron chi connectivity index (χ4n) is 3.89.